The second-order valence-corrected chi connectivity index (χ2v) is 2.96. The highest BCUT2D eigenvalue weighted by molar-refractivity contribution is 5.33. The molecule has 0 aliphatic heterocycles. The van der Waals surface area contributed by atoms with Crippen LogP contribution >= 0.6 is 0 Å². The molecule has 0 nitrogen and oxygen atoms in total. The summed E-state index contributed by atoms with van der Waals surface area (Å²) < 4.78 is 37.5. The van der Waals surface area contributed by atoms with Crippen LogP contribution in [0, 0.1) is 0 Å². The maximum atomic E-state index is 12.5. The summed E-state index contributed by atoms with van der Waals surface area (Å²) in [5, 5.41) is 0. The highest BCUT2D eigenvalue weighted by atomic mass is 19.3. The van der Waals surface area contributed by atoms with Gasteiger partial charge >= 0.3 is 0 Å². The van der Waals surface area contributed by atoms with Gasteiger partial charge in [-0.2, -0.15) is 0 Å². The van der Waals surface area contributed by atoms with E-state index in [4.69, 9.17) is 0 Å². The maximum absolute atomic E-state index is 12.5. The van der Waals surface area contributed by atoms with E-state index in [1.807, 2.05) is 0 Å². The van der Waals surface area contributed by atoms with Crippen molar-refractivity contribution >= 4 is 0 Å². The highest BCUT2D eigenvalue weighted by Gasteiger charge is 2.70. The van der Waals surface area contributed by atoms with Crippen molar-refractivity contribution in [3.05, 3.63) is 35.9 Å². The fraction of sp³-hybridized carbons (Fsp3) is 0.333. The van der Waals surface area contributed by atoms with E-state index in [-0.39, 0.29) is 0 Å². The number of hydrogen-bond acceptors (Lipinski definition) is 0. The zero-order chi connectivity index (χ0) is 8.77. The van der Waals surface area contributed by atoms with Crippen LogP contribution in [0.5, 0.6) is 0 Å². The quantitative estimate of drug-likeness (QED) is 0.611. The van der Waals surface area contributed by atoms with Gasteiger partial charge in [0.25, 0.3) is 5.92 Å². The van der Waals surface area contributed by atoms with Crippen molar-refractivity contribution in [3.8, 4) is 0 Å². The second kappa shape index (κ2) is 2.25. The van der Waals surface area contributed by atoms with Crippen molar-refractivity contribution in [3.63, 3.8) is 0 Å². The molecule has 0 saturated heterocycles. The predicted octanol–water partition coefficient (Wildman–Crippen LogP) is 2.76. The second-order valence-electron chi connectivity index (χ2n) is 2.96. The van der Waals surface area contributed by atoms with Gasteiger partial charge < -0.3 is 0 Å². The molecule has 2 rings (SSSR count). The monoisotopic (exact) mass is 172 g/mol. The molecule has 2 atom stereocenters. The molecule has 0 heterocycles. The Morgan fingerprint density at radius 1 is 1.08 bits per heavy atom. The van der Waals surface area contributed by atoms with Crippen molar-refractivity contribution in [1.29, 1.82) is 0 Å². The van der Waals surface area contributed by atoms with Gasteiger partial charge in [-0.05, 0) is 5.56 Å². The summed E-state index contributed by atoms with van der Waals surface area (Å²) in [5.41, 5.74) is 0.384. The topological polar surface area (TPSA) is 0 Å². The molecular weight excluding hydrogens is 165 g/mol. The Balaban J connectivity index is 2.25. The Labute approximate surface area is 68.0 Å². The van der Waals surface area contributed by atoms with Gasteiger partial charge in [0.05, 0.1) is 5.92 Å². The van der Waals surface area contributed by atoms with Crippen LogP contribution in [0.15, 0.2) is 30.3 Å². The molecular formula is C9H7F3. The molecule has 1 aromatic rings. The van der Waals surface area contributed by atoms with Crippen molar-refractivity contribution in [2.24, 2.45) is 0 Å². The minimum absolute atomic E-state index is 0.384. The van der Waals surface area contributed by atoms with Gasteiger partial charge in [-0.15, -0.1) is 0 Å². The summed E-state index contributed by atoms with van der Waals surface area (Å²) in [7, 11) is 0. The van der Waals surface area contributed by atoms with E-state index in [0.29, 0.717) is 5.56 Å². The molecule has 64 valence electrons. The smallest absolute Gasteiger partial charge is 0.240 e. The van der Waals surface area contributed by atoms with E-state index in [0.717, 1.165) is 0 Å². The van der Waals surface area contributed by atoms with Crippen LogP contribution < -0.4 is 0 Å². The molecule has 1 aliphatic rings. The molecule has 2 unspecified atom stereocenters. The summed E-state index contributed by atoms with van der Waals surface area (Å²) in [4.78, 5) is 0. The van der Waals surface area contributed by atoms with Gasteiger partial charge in [-0.3, -0.25) is 0 Å². The maximum Gasteiger partial charge on any atom is 0.289 e. The van der Waals surface area contributed by atoms with Gasteiger partial charge in [-0.1, -0.05) is 30.3 Å². The van der Waals surface area contributed by atoms with Gasteiger partial charge in [0.15, 0.2) is 6.17 Å². The van der Waals surface area contributed by atoms with Crippen molar-refractivity contribution in [1.82, 2.24) is 0 Å². The van der Waals surface area contributed by atoms with Gasteiger partial charge in [0.2, 0.25) is 0 Å². The molecule has 1 fully saturated rings. The minimum Gasteiger partial charge on any atom is -0.240 e. The fourth-order valence-electron chi connectivity index (χ4n) is 1.34. The Bertz CT molecular complexity index is 281. The third-order valence-electron chi connectivity index (χ3n) is 2.12. The van der Waals surface area contributed by atoms with E-state index < -0.39 is 18.0 Å². The average Bonchev–Trinajstić information content (AvgIpc) is 2.53. The minimum atomic E-state index is -3.14. The van der Waals surface area contributed by atoms with Gasteiger partial charge in [0, 0.05) is 0 Å². The number of alkyl halides is 3. The Kier molecular flexibility index (Phi) is 1.43. The molecule has 1 aliphatic carbocycles. The lowest BCUT2D eigenvalue weighted by Gasteiger charge is -1.95. The highest BCUT2D eigenvalue weighted by Crippen LogP contribution is 2.57. The number of hydrogen-bond donors (Lipinski definition) is 0. The summed E-state index contributed by atoms with van der Waals surface area (Å²) in [6, 6.07) is 8.04. The summed E-state index contributed by atoms with van der Waals surface area (Å²) in [6.45, 7) is 0. The standard InChI is InChI=1S/C9H7F3/c10-8-7(9(8,11)12)6-4-2-1-3-5-6/h1-5,7-8H. The largest absolute Gasteiger partial charge is 0.289 e. The van der Waals surface area contributed by atoms with Crippen LogP contribution in [-0.4, -0.2) is 12.1 Å². The van der Waals surface area contributed by atoms with Gasteiger partial charge in [-0.25, -0.2) is 13.2 Å². The first-order valence-electron chi connectivity index (χ1n) is 3.71. The molecule has 0 aromatic heterocycles. The van der Waals surface area contributed by atoms with Crippen molar-refractivity contribution in [2.75, 3.05) is 0 Å². The predicted molar refractivity (Wildman–Crippen MR) is 39.0 cm³/mol. The third kappa shape index (κ3) is 0.924. The van der Waals surface area contributed by atoms with Crippen molar-refractivity contribution in [2.45, 2.75) is 18.0 Å². The molecule has 1 aromatic carbocycles. The summed E-state index contributed by atoms with van der Waals surface area (Å²) >= 11 is 0. The van der Waals surface area contributed by atoms with Crippen LogP contribution in [0.3, 0.4) is 0 Å². The Morgan fingerprint density at radius 3 is 2.00 bits per heavy atom. The van der Waals surface area contributed by atoms with Crippen LogP contribution in [0.1, 0.15) is 11.5 Å². The molecule has 0 radical (unpaired) electrons. The lowest BCUT2D eigenvalue weighted by molar-refractivity contribution is 0.0827. The van der Waals surface area contributed by atoms with E-state index in [1.54, 1.807) is 18.2 Å². The Hall–Kier alpha value is -0.990. The first kappa shape index (κ1) is 7.65. The number of halogens is 3. The Morgan fingerprint density at radius 2 is 1.58 bits per heavy atom. The van der Waals surface area contributed by atoms with Crippen LogP contribution in [-0.2, 0) is 0 Å². The molecule has 0 N–H and O–H groups in total. The fourth-order valence-corrected chi connectivity index (χ4v) is 1.34. The van der Waals surface area contributed by atoms with Gasteiger partial charge in [0.1, 0.15) is 0 Å². The summed E-state index contributed by atoms with van der Waals surface area (Å²) in [6.07, 6.45) is -1.99. The lowest BCUT2D eigenvalue weighted by atomic mass is 10.1. The van der Waals surface area contributed by atoms with Crippen LogP contribution in [0.25, 0.3) is 0 Å². The molecule has 0 spiro atoms. The number of benzene rings is 1. The van der Waals surface area contributed by atoms with E-state index in [9.17, 15) is 13.2 Å². The first-order chi connectivity index (χ1) is 5.64. The lowest BCUT2D eigenvalue weighted by Crippen LogP contribution is -1.93. The number of rotatable bonds is 1. The van der Waals surface area contributed by atoms with E-state index in [1.165, 1.54) is 12.1 Å². The van der Waals surface area contributed by atoms with E-state index in [2.05, 4.69) is 0 Å². The average molecular weight is 172 g/mol. The van der Waals surface area contributed by atoms with Crippen LogP contribution in [0.2, 0.25) is 0 Å². The SMILES string of the molecule is FC1C(c2ccccc2)C1(F)F. The molecule has 12 heavy (non-hydrogen) atoms. The van der Waals surface area contributed by atoms with Crippen LogP contribution in [0.4, 0.5) is 13.2 Å². The molecule has 3 heteroatoms. The normalized spacial score (nSPS) is 31.6. The van der Waals surface area contributed by atoms with E-state index >= 15 is 0 Å². The molecule has 0 amide bonds. The van der Waals surface area contributed by atoms with Crippen molar-refractivity contribution < 1.29 is 13.2 Å². The summed E-state index contributed by atoms with van der Waals surface area (Å²) in [5.74, 6) is -4.35. The zero-order valence-electron chi connectivity index (χ0n) is 6.18. The zero-order valence-corrected chi connectivity index (χ0v) is 6.18. The first-order valence-corrected chi connectivity index (χ1v) is 3.71. The molecule has 1 saturated carbocycles. The molecule has 0 bridgehead atoms. The third-order valence-corrected chi connectivity index (χ3v) is 2.12.